The summed E-state index contributed by atoms with van der Waals surface area (Å²) in [6.07, 6.45) is 0. The van der Waals surface area contributed by atoms with Gasteiger partial charge < -0.3 is 9.30 Å². The van der Waals surface area contributed by atoms with Crippen LogP contribution in [0.5, 0.6) is 5.75 Å². The molecule has 0 unspecified atom stereocenters. The summed E-state index contributed by atoms with van der Waals surface area (Å²) >= 11 is 0. The van der Waals surface area contributed by atoms with E-state index < -0.39 is 0 Å². The third-order valence-corrected chi connectivity index (χ3v) is 4.35. The Bertz CT molecular complexity index is 987. The highest BCUT2D eigenvalue weighted by atomic mass is 16.5. The number of carbonyl (C=O) groups is 1. The molecule has 3 rings (SSSR count). The number of imidazole rings is 1. The average Bonchev–Trinajstić information content (AvgIpc) is 3.00. The van der Waals surface area contributed by atoms with Crippen molar-refractivity contribution in [1.29, 1.82) is 0 Å². The smallest absolute Gasteiger partial charge is 0.260 e. The largest absolute Gasteiger partial charge is 0.493 e. The zero-order chi connectivity index (χ0) is 20.1. The molecule has 1 N–H and O–H groups in total. The van der Waals surface area contributed by atoms with E-state index in [0.717, 1.165) is 33.9 Å². The molecule has 0 atom stereocenters. The lowest BCUT2D eigenvalue weighted by atomic mass is 10.1. The van der Waals surface area contributed by atoms with Crippen LogP contribution in [-0.2, 0) is 11.3 Å². The summed E-state index contributed by atoms with van der Waals surface area (Å²) in [6, 6.07) is 15.5. The number of carbonyl (C=O) groups excluding carboxylic acids is 1. The highest BCUT2D eigenvalue weighted by Crippen LogP contribution is 2.15. The summed E-state index contributed by atoms with van der Waals surface area (Å²) in [5.41, 5.74) is 6.12. The molecule has 0 bridgehead atoms. The van der Waals surface area contributed by atoms with Crippen LogP contribution in [0.1, 0.15) is 32.2 Å². The topological polar surface area (TPSA) is 68.5 Å². The highest BCUT2D eigenvalue weighted by molar-refractivity contribution is 5.99. The van der Waals surface area contributed by atoms with Crippen LogP contribution >= 0.6 is 0 Å². The first-order valence-electron chi connectivity index (χ1n) is 9.42. The van der Waals surface area contributed by atoms with Gasteiger partial charge in [0.25, 0.3) is 5.91 Å². The number of para-hydroxylation sites is 2. The maximum Gasteiger partial charge on any atom is 0.260 e. The predicted octanol–water partition coefficient (Wildman–Crippen LogP) is 3.92. The van der Waals surface area contributed by atoms with Crippen LogP contribution < -0.4 is 10.2 Å². The van der Waals surface area contributed by atoms with Crippen LogP contribution in [0.25, 0.3) is 11.0 Å². The molecule has 0 saturated heterocycles. The van der Waals surface area contributed by atoms with E-state index in [9.17, 15) is 4.79 Å². The number of hydrogen-bond donors (Lipinski definition) is 1. The number of nitrogens with one attached hydrogen (secondary N) is 1. The second-order valence-corrected chi connectivity index (χ2v) is 7.20. The van der Waals surface area contributed by atoms with Crippen molar-refractivity contribution in [3.8, 4) is 5.75 Å². The van der Waals surface area contributed by atoms with Crippen LogP contribution in [0, 0.1) is 12.8 Å². The number of hydrazone groups is 1. The van der Waals surface area contributed by atoms with Gasteiger partial charge in [-0.15, -0.1) is 0 Å². The minimum Gasteiger partial charge on any atom is -0.493 e. The van der Waals surface area contributed by atoms with E-state index in [1.54, 1.807) is 0 Å². The Morgan fingerprint density at radius 3 is 2.61 bits per heavy atom. The molecule has 0 spiro atoms. The first-order chi connectivity index (χ1) is 13.4. The minimum absolute atomic E-state index is 0.172. The first kappa shape index (κ1) is 19.6. The van der Waals surface area contributed by atoms with E-state index in [4.69, 9.17) is 4.74 Å². The van der Waals surface area contributed by atoms with Gasteiger partial charge in [0, 0.05) is 0 Å². The molecule has 3 aromatic rings. The van der Waals surface area contributed by atoms with Gasteiger partial charge in [-0.3, -0.25) is 4.79 Å². The third kappa shape index (κ3) is 4.76. The van der Waals surface area contributed by atoms with E-state index in [1.165, 1.54) is 0 Å². The van der Waals surface area contributed by atoms with Crippen molar-refractivity contribution in [2.75, 3.05) is 6.61 Å². The number of ether oxygens (including phenoxy) is 1. The maximum absolute atomic E-state index is 12.4. The minimum atomic E-state index is -0.192. The number of nitrogens with zero attached hydrogens (tertiary/aromatic N) is 3. The molecular weight excluding hydrogens is 352 g/mol. The number of aromatic nitrogens is 2. The van der Waals surface area contributed by atoms with Crippen molar-refractivity contribution in [1.82, 2.24) is 15.0 Å². The molecule has 0 aliphatic carbocycles. The zero-order valence-electron chi connectivity index (χ0n) is 16.8. The molecule has 2 aromatic carbocycles. The van der Waals surface area contributed by atoms with Gasteiger partial charge in [0.15, 0.2) is 0 Å². The lowest BCUT2D eigenvalue weighted by Crippen LogP contribution is -2.24. The highest BCUT2D eigenvalue weighted by Gasteiger charge is 2.10. The lowest BCUT2D eigenvalue weighted by Gasteiger charge is -2.09. The molecule has 0 saturated carbocycles. The van der Waals surface area contributed by atoms with E-state index in [2.05, 4.69) is 29.4 Å². The van der Waals surface area contributed by atoms with Crippen molar-refractivity contribution in [2.24, 2.45) is 11.0 Å². The Hall–Kier alpha value is -3.15. The average molecular weight is 378 g/mol. The summed E-state index contributed by atoms with van der Waals surface area (Å²) in [7, 11) is 0. The number of rotatable bonds is 7. The summed E-state index contributed by atoms with van der Waals surface area (Å²) in [5, 5.41) is 4.23. The number of amides is 1. The van der Waals surface area contributed by atoms with Crippen molar-refractivity contribution in [3.63, 3.8) is 0 Å². The summed E-state index contributed by atoms with van der Waals surface area (Å²) in [4.78, 5) is 16.8. The van der Waals surface area contributed by atoms with E-state index in [0.29, 0.717) is 12.5 Å². The molecule has 1 amide bonds. The lowest BCUT2D eigenvalue weighted by molar-refractivity contribution is -0.121. The fourth-order valence-electron chi connectivity index (χ4n) is 2.84. The Morgan fingerprint density at radius 2 is 1.89 bits per heavy atom. The second-order valence-electron chi connectivity index (χ2n) is 7.20. The first-order valence-corrected chi connectivity index (χ1v) is 9.42. The van der Waals surface area contributed by atoms with Crippen LogP contribution in [0.3, 0.4) is 0 Å². The fraction of sp³-hybridized carbons (Fsp3) is 0.318. The van der Waals surface area contributed by atoms with Crippen molar-refractivity contribution in [3.05, 3.63) is 59.9 Å². The Balaban J connectivity index is 1.62. The maximum atomic E-state index is 12.4. The summed E-state index contributed by atoms with van der Waals surface area (Å²) in [5.74, 6) is 1.92. The quantitative estimate of drug-likeness (QED) is 0.500. The predicted molar refractivity (Wildman–Crippen MR) is 112 cm³/mol. The van der Waals surface area contributed by atoms with E-state index in [-0.39, 0.29) is 12.5 Å². The Kier molecular flexibility index (Phi) is 6.09. The second kappa shape index (κ2) is 8.69. The van der Waals surface area contributed by atoms with Gasteiger partial charge in [0.05, 0.1) is 23.4 Å². The van der Waals surface area contributed by atoms with Crippen molar-refractivity contribution >= 4 is 22.7 Å². The molecule has 28 heavy (non-hydrogen) atoms. The van der Waals surface area contributed by atoms with Crippen molar-refractivity contribution < 1.29 is 9.53 Å². The third-order valence-electron chi connectivity index (χ3n) is 4.35. The molecule has 0 aliphatic heterocycles. The summed E-state index contributed by atoms with van der Waals surface area (Å²) in [6.45, 7) is 8.84. The van der Waals surface area contributed by atoms with Crippen LogP contribution in [0.15, 0.2) is 53.6 Å². The molecule has 0 radical (unpaired) electrons. The van der Waals surface area contributed by atoms with Crippen LogP contribution in [-0.4, -0.2) is 27.8 Å². The Morgan fingerprint density at radius 1 is 1.18 bits per heavy atom. The SMILES string of the molecule is C/C(=N/NC(=O)Cn1c(C)nc2ccccc21)c1ccc(OCC(C)C)cc1. The molecule has 0 fully saturated rings. The van der Waals surface area contributed by atoms with Crippen molar-refractivity contribution in [2.45, 2.75) is 34.2 Å². The number of aryl methyl sites for hydroxylation is 1. The zero-order valence-corrected chi connectivity index (χ0v) is 16.8. The molecular formula is C22H26N4O2. The van der Waals surface area contributed by atoms with Gasteiger partial charge in [0.1, 0.15) is 18.1 Å². The van der Waals surface area contributed by atoms with Gasteiger partial charge in [-0.05, 0) is 61.7 Å². The van der Waals surface area contributed by atoms with Crippen LogP contribution in [0.2, 0.25) is 0 Å². The summed E-state index contributed by atoms with van der Waals surface area (Å²) < 4.78 is 7.57. The van der Waals surface area contributed by atoms with Gasteiger partial charge in [0.2, 0.25) is 0 Å². The van der Waals surface area contributed by atoms with E-state index in [1.807, 2.05) is 66.9 Å². The van der Waals surface area contributed by atoms with Gasteiger partial charge in [-0.2, -0.15) is 5.10 Å². The standard InChI is InChI=1S/C22H26N4O2/c1-15(2)14-28-19-11-9-18(10-12-19)16(3)24-25-22(27)13-26-17(4)23-20-7-5-6-8-21(20)26/h5-12,15H,13-14H2,1-4H3,(H,25,27)/b24-16-. The van der Waals surface area contributed by atoms with Gasteiger partial charge in [-0.1, -0.05) is 26.0 Å². The molecule has 6 nitrogen and oxygen atoms in total. The number of fused-ring (bicyclic) bond motifs is 1. The Labute approximate surface area is 165 Å². The molecule has 146 valence electrons. The fourth-order valence-corrected chi connectivity index (χ4v) is 2.84. The van der Waals surface area contributed by atoms with E-state index >= 15 is 0 Å². The molecule has 0 aliphatic rings. The van der Waals surface area contributed by atoms with Crippen LogP contribution in [0.4, 0.5) is 0 Å². The normalized spacial score (nSPS) is 11.8. The van der Waals surface area contributed by atoms with Gasteiger partial charge in [-0.25, -0.2) is 10.4 Å². The number of benzene rings is 2. The number of hydrogen-bond acceptors (Lipinski definition) is 4. The molecule has 1 heterocycles. The molecule has 1 aromatic heterocycles. The molecule has 6 heteroatoms. The monoisotopic (exact) mass is 378 g/mol. The van der Waals surface area contributed by atoms with Gasteiger partial charge >= 0.3 is 0 Å².